The van der Waals surface area contributed by atoms with E-state index in [1.807, 2.05) is 30.3 Å². The van der Waals surface area contributed by atoms with Crippen molar-refractivity contribution in [1.29, 1.82) is 0 Å². The summed E-state index contributed by atoms with van der Waals surface area (Å²) in [6.07, 6.45) is 0.144. The second-order valence-corrected chi connectivity index (χ2v) is 12.1. The summed E-state index contributed by atoms with van der Waals surface area (Å²) in [5.74, 6) is -1.13. The van der Waals surface area contributed by atoms with Crippen LogP contribution in [0.4, 0.5) is 11.4 Å². The average Bonchev–Trinajstić information content (AvgIpc) is 3.03. The van der Waals surface area contributed by atoms with Gasteiger partial charge in [-0.3, -0.25) is 24.0 Å². The maximum Gasteiger partial charge on any atom is 0.271 e. The van der Waals surface area contributed by atoms with Crippen molar-refractivity contribution in [3.8, 4) is 0 Å². The van der Waals surface area contributed by atoms with Crippen LogP contribution in [-0.4, -0.2) is 49.2 Å². The van der Waals surface area contributed by atoms with Crippen molar-refractivity contribution in [3.63, 3.8) is 0 Å². The summed E-state index contributed by atoms with van der Waals surface area (Å²) in [4.78, 5) is 40.0. The summed E-state index contributed by atoms with van der Waals surface area (Å²) in [7, 11) is -4.38. The first-order chi connectivity index (χ1) is 21.1. The van der Waals surface area contributed by atoms with Gasteiger partial charge in [-0.05, 0) is 42.3 Å². The third-order valence-corrected chi connectivity index (χ3v) is 9.02. The minimum absolute atomic E-state index is 0.0771. The van der Waals surface area contributed by atoms with E-state index in [1.54, 1.807) is 37.3 Å². The SMILES string of the molecule is CCNC(=O)C(Cc1ccccc1)N(Cc1ccccc1Cl)C(=O)CN(c1cccc([N+](=O)[O-])c1)S(=O)(=O)c1ccccc1. The molecule has 0 aliphatic carbocycles. The predicted octanol–water partition coefficient (Wildman–Crippen LogP) is 5.22. The Morgan fingerprint density at radius 2 is 1.55 bits per heavy atom. The molecule has 1 N–H and O–H groups in total. The molecule has 4 aromatic rings. The highest BCUT2D eigenvalue weighted by molar-refractivity contribution is 7.92. The van der Waals surface area contributed by atoms with Crippen molar-refractivity contribution in [2.75, 3.05) is 17.4 Å². The molecule has 0 radical (unpaired) electrons. The molecular weight excluding hydrogens is 604 g/mol. The molecule has 0 bridgehead atoms. The number of hydrogen-bond acceptors (Lipinski definition) is 6. The summed E-state index contributed by atoms with van der Waals surface area (Å²) >= 11 is 6.47. The first kappa shape index (κ1) is 32.2. The Kier molecular flexibility index (Phi) is 10.7. The fourth-order valence-corrected chi connectivity index (χ4v) is 6.29. The molecule has 10 nitrogen and oxygen atoms in total. The molecule has 0 saturated heterocycles. The molecule has 12 heteroatoms. The molecule has 0 fully saturated rings. The van der Waals surface area contributed by atoms with Crippen LogP contribution in [0.3, 0.4) is 0 Å². The lowest BCUT2D eigenvalue weighted by Gasteiger charge is -2.34. The molecule has 2 amide bonds. The quantitative estimate of drug-likeness (QED) is 0.159. The van der Waals surface area contributed by atoms with E-state index in [2.05, 4.69) is 5.32 Å². The van der Waals surface area contributed by atoms with E-state index in [1.165, 1.54) is 47.4 Å². The number of benzene rings is 4. The number of nitrogens with zero attached hydrogens (tertiary/aromatic N) is 3. The minimum atomic E-state index is -4.38. The van der Waals surface area contributed by atoms with Crippen molar-refractivity contribution < 1.29 is 22.9 Å². The molecule has 4 aromatic carbocycles. The fourth-order valence-electron chi connectivity index (χ4n) is 4.67. The second-order valence-electron chi connectivity index (χ2n) is 9.81. The molecule has 1 unspecified atom stereocenters. The lowest BCUT2D eigenvalue weighted by atomic mass is 10.0. The second kappa shape index (κ2) is 14.6. The number of rotatable bonds is 13. The molecular formula is C32H31ClN4O6S. The number of anilines is 1. The van der Waals surface area contributed by atoms with E-state index in [4.69, 9.17) is 11.6 Å². The van der Waals surface area contributed by atoms with E-state index < -0.39 is 39.3 Å². The van der Waals surface area contributed by atoms with Gasteiger partial charge in [0.2, 0.25) is 11.8 Å². The van der Waals surface area contributed by atoms with Crippen LogP contribution >= 0.6 is 11.6 Å². The van der Waals surface area contributed by atoms with E-state index in [9.17, 15) is 28.1 Å². The van der Waals surface area contributed by atoms with Crippen LogP contribution in [0.1, 0.15) is 18.1 Å². The van der Waals surface area contributed by atoms with Gasteiger partial charge in [0.1, 0.15) is 12.6 Å². The highest BCUT2D eigenvalue weighted by Crippen LogP contribution is 2.28. The van der Waals surface area contributed by atoms with Gasteiger partial charge < -0.3 is 10.2 Å². The number of likely N-dealkylation sites (N-methyl/N-ethyl adjacent to an activating group) is 1. The number of carbonyl (C=O) groups excluding carboxylic acids is 2. The van der Waals surface area contributed by atoms with E-state index in [-0.39, 0.29) is 29.2 Å². The van der Waals surface area contributed by atoms with Crippen molar-refractivity contribution in [3.05, 3.63) is 135 Å². The molecule has 0 spiro atoms. The summed E-state index contributed by atoms with van der Waals surface area (Å²) in [6.45, 7) is 1.23. The van der Waals surface area contributed by atoms with Gasteiger partial charge in [0, 0.05) is 36.7 Å². The number of halogens is 1. The average molecular weight is 635 g/mol. The standard InChI is InChI=1S/C32H31ClN4O6S/c1-2-34-32(39)30(20-24-12-5-3-6-13-24)35(22-25-14-9-10-19-29(25)33)31(38)23-36(26-15-11-16-27(21-26)37(40)41)44(42,43)28-17-7-4-8-18-28/h3-19,21,30H,2,20,22-23H2,1H3,(H,34,39). The van der Waals surface area contributed by atoms with Gasteiger partial charge in [-0.15, -0.1) is 0 Å². The maximum absolute atomic E-state index is 14.3. The van der Waals surface area contributed by atoms with Crippen LogP contribution in [0.2, 0.25) is 5.02 Å². The van der Waals surface area contributed by atoms with Crippen molar-refractivity contribution in [2.45, 2.75) is 30.8 Å². The number of nitro benzene ring substituents is 1. The number of nitro groups is 1. The molecule has 0 aliphatic heterocycles. The molecule has 4 rings (SSSR count). The molecule has 228 valence electrons. The first-order valence-corrected chi connectivity index (χ1v) is 15.6. The number of hydrogen-bond donors (Lipinski definition) is 1. The normalized spacial score (nSPS) is 11.8. The molecule has 0 aliphatic rings. The van der Waals surface area contributed by atoms with E-state index in [0.717, 1.165) is 15.9 Å². The van der Waals surface area contributed by atoms with Gasteiger partial charge in [0.15, 0.2) is 0 Å². The number of carbonyl (C=O) groups is 2. The molecule has 44 heavy (non-hydrogen) atoms. The number of amides is 2. The fraction of sp³-hybridized carbons (Fsp3) is 0.188. The van der Waals surface area contributed by atoms with Crippen molar-refractivity contribution in [2.24, 2.45) is 0 Å². The van der Waals surface area contributed by atoms with Gasteiger partial charge in [-0.2, -0.15) is 0 Å². The number of sulfonamides is 1. The minimum Gasteiger partial charge on any atom is -0.355 e. The van der Waals surface area contributed by atoms with Crippen LogP contribution in [0.5, 0.6) is 0 Å². The highest BCUT2D eigenvalue weighted by Gasteiger charge is 2.35. The maximum atomic E-state index is 14.3. The number of nitrogens with one attached hydrogen (secondary N) is 1. The Bertz CT molecular complexity index is 1720. The number of non-ortho nitro benzene ring substituents is 1. The van der Waals surface area contributed by atoms with Gasteiger partial charge in [0.25, 0.3) is 15.7 Å². The summed E-state index contributed by atoms with van der Waals surface area (Å²) in [6, 6.07) is 27.5. The molecule has 0 heterocycles. The zero-order valence-corrected chi connectivity index (χ0v) is 25.4. The third kappa shape index (κ3) is 7.80. The Morgan fingerprint density at radius 1 is 0.909 bits per heavy atom. The van der Waals surface area contributed by atoms with Crippen LogP contribution in [0.15, 0.2) is 114 Å². The zero-order valence-electron chi connectivity index (χ0n) is 23.9. The lowest BCUT2D eigenvalue weighted by molar-refractivity contribution is -0.384. The Morgan fingerprint density at radius 3 is 2.18 bits per heavy atom. The Balaban J connectivity index is 1.83. The van der Waals surface area contributed by atoms with Gasteiger partial charge in [0.05, 0.1) is 15.5 Å². The zero-order chi connectivity index (χ0) is 31.7. The Hall–Kier alpha value is -4.74. The van der Waals surface area contributed by atoms with Gasteiger partial charge in [-0.1, -0.05) is 84.4 Å². The Labute approximate surface area is 261 Å². The van der Waals surface area contributed by atoms with Gasteiger partial charge >= 0.3 is 0 Å². The largest absolute Gasteiger partial charge is 0.355 e. The summed E-state index contributed by atoms with van der Waals surface area (Å²) < 4.78 is 28.8. The molecule has 1 atom stereocenters. The molecule has 0 aromatic heterocycles. The van der Waals surface area contributed by atoms with Crippen molar-refractivity contribution in [1.82, 2.24) is 10.2 Å². The monoisotopic (exact) mass is 634 g/mol. The topological polar surface area (TPSA) is 130 Å². The smallest absolute Gasteiger partial charge is 0.271 e. The van der Waals surface area contributed by atoms with Crippen LogP contribution < -0.4 is 9.62 Å². The highest BCUT2D eigenvalue weighted by atomic mass is 35.5. The summed E-state index contributed by atoms with van der Waals surface area (Å²) in [5, 5.41) is 14.7. The molecule has 0 saturated carbocycles. The predicted molar refractivity (Wildman–Crippen MR) is 169 cm³/mol. The van der Waals surface area contributed by atoms with E-state index in [0.29, 0.717) is 17.1 Å². The van der Waals surface area contributed by atoms with Crippen molar-refractivity contribution >= 4 is 44.8 Å². The van der Waals surface area contributed by atoms with Crippen LogP contribution in [0, 0.1) is 10.1 Å². The van der Waals surface area contributed by atoms with Gasteiger partial charge in [-0.25, -0.2) is 8.42 Å². The van der Waals surface area contributed by atoms with Crippen LogP contribution in [-0.2, 0) is 32.6 Å². The first-order valence-electron chi connectivity index (χ1n) is 13.8. The lowest BCUT2D eigenvalue weighted by Crippen LogP contribution is -2.53. The summed E-state index contributed by atoms with van der Waals surface area (Å²) in [5.41, 5.74) is 0.915. The third-order valence-electron chi connectivity index (χ3n) is 6.86. The van der Waals surface area contributed by atoms with Crippen LogP contribution in [0.25, 0.3) is 0 Å². The van der Waals surface area contributed by atoms with E-state index >= 15 is 0 Å².